The van der Waals surface area contributed by atoms with Crippen LogP contribution in [0.5, 0.6) is 0 Å². The van der Waals surface area contributed by atoms with Crippen LogP contribution in [0.3, 0.4) is 0 Å². The number of nitrogens with one attached hydrogen (secondary N) is 3. The van der Waals surface area contributed by atoms with Crippen LogP contribution in [-0.2, 0) is 9.53 Å². The fraction of sp³-hybridized carbons (Fsp3) is 0.700. The minimum Gasteiger partial charge on any atom is -0.381 e. The maximum Gasteiger partial charge on any atom is 0.267 e. The van der Waals surface area contributed by atoms with Crippen molar-refractivity contribution in [3.63, 3.8) is 0 Å². The van der Waals surface area contributed by atoms with Gasteiger partial charge in [-0.05, 0) is 63.1 Å². The summed E-state index contributed by atoms with van der Waals surface area (Å²) < 4.78 is 5.41. The van der Waals surface area contributed by atoms with Crippen molar-refractivity contribution < 1.29 is 14.3 Å². The Morgan fingerprint density at radius 2 is 2.15 bits per heavy atom. The van der Waals surface area contributed by atoms with Gasteiger partial charge >= 0.3 is 0 Å². The molecule has 1 aromatic rings. The molecule has 4 heterocycles. The van der Waals surface area contributed by atoms with Gasteiger partial charge in [0.2, 0.25) is 5.91 Å². The van der Waals surface area contributed by atoms with Crippen molar-refractivity contribution in [1.29, 1.82) is 0 Å². The van der Waals surface area contributed by atoms with Crippen LogP contribution in [0.4, 0.5) is 0 Å². The van der Waals surface area contributed by atoms with Gasteiger partial charge in [-0.1, -0.05) is 0 Å². The summed E-state index contributed by atoms with van der Waals surface area (Å²) in [5.74, 6) is 0.564. The number of ether oxygens (including phenoxy) is 1. The standard InChI is InChI=1S/C20H30N4O3/c25-18(17-4-3-8-21-17)23-16-12-20(7-1-2-9-24(20)14-16)19(26)22-13-15-5-10-27-11-6-15/h3-4,8,15-16,21H,1-2,5-7,9-14H2,(H,22,26)(H,23,25)/t16?,20-/m0/s1. The number of fused-ring (bicyclic) bond motifs is 1. The minimum absolute atomic E-state index is 0.00716. The van der Waals surface area contributed by atoms with Crippen molar-refractivity contribution in [3.05, 3.63) is 24.0 Å². The van der Waals surface area contributed by atoms with E-state index in [1.807, 2.05) is 6.07 Å². The van der Waals surface area contributed by atoms with Crippen LogP contribution in [0.15, 0.2) is 18.3 Å². The fourth-order valence-electron chi connectivity index (χ4n) is 4.86. The molecule has 3 aliphatic heterocycles. The topological polar surface area (TPSA) is 86.5 Å². The van der Waals surface area contributed by atoms with Crippen molar-refractivity contribution in [3.8, 4) is 0 Å². The van der Waals surface area contributed by atoms with Gasteiger partial charge in [-0.15, -0.1) is 0 Å². The Morgan fingerprint density at radius 1 is 1.30 bits per heavy atom. The van der Waals surface area contributed by atoms with Crippen LogP contribution < -0.4 is 10.6 Å². The van der Waals surface area contributed by atoms with Gasteiger partial charge in [0.1, 0.15) is 11.2 Å². The van der Waals surface area contributed by atoms with E-state index in [0.29, 0.717) is 18.0 Å². The van der Waals surface area contributed by atoms with Gasteiger partial charge < -0.3 is 20.4 Å². The number of rotatable bonds is 5. The molecule has 0 radical (unpaired) electrons. The second kappa shape index (κ2) is 8.02. The molecule has 3 N–H and O–H groups in total. The van der Waals surface area contributed by atoms with Gasteiger partial charge in [-0.3, -0.25) is 14.5 Å². The predicted molar refractivity (Wildman–Crippen MR) is 101 cm³/mol. The van der Waals surface area contributed by atoms with Crippen LogP contribution in [0.2, 0.25) is 0 Å². The number of H-pyrrole nitrogens is 1. The van der Waals surface area contributed by atoms with E-state index in [-0.39, 0.29) is 17.9 Å². The molecule has 1 aromatic heterocycles. The lowest BCUT2D eigenvalue weighted by Gasteiger charge is -2.41. The summed E-state index contributed by atoms with van der Waals surface area (Å²) in [6.45, 7) is 4.00. The summed E-state index contributed by atoms with van der Waals surface area (Å²) in [6.07, 6.45) is 7.54. The number of aromatic amines is 1. The molecule has 2 amide bonds. The molecule has 7 nitrogen and oxygen atoms in total. The Kier molecular flexibility index (Phi) is 5.50. The van der Waals surface area contributed by atoms with Crippen molar-refractivity contribution in [2.75, 3.05) is 32.8 Å². The molecule has 0 spiro atoms. The lowest BCUT2D eigenvalue weighted by molar-refractivity contribution is -0.134. The van der Waals surface area contributed by atoms with Crippen LogP contribution in [0, 0.1) is 5.92 Å². The molecule has 0 aromatic carbocycles. The Morgan fingerprint density at radius 3 is 2.93 bits per heavy atom. The summed E-state index contributed by atoms with van der Waals surface area (Å²) in [4.78, 5) is 30.9. The fourth-order valence-corrected chi connectivity index (χ4v) is 4.86. The van der Waals surface area contributed by atoms with E-state index in [1.165, 1.54) is 0 Å². The summed E-state index contributed by atoms with van der Waals surface area (Å²) in [5.41, 5.74) is 0.106. The first-order valence-electron chi connectivity index (χ1n) is 10.2. The highest BCUT2D eigenvalue weighted by atomic mass is 16.5. The quantitative estimate of drug-likeness (QED) is 0.725. The summed E-state index contributed by atoms with van der Waals surface area (Å²) in [5, 5.41) is 6.35. The van der Waals surface area contributed by atoms with E-state index < -0.39 is 5.54 Å². The zero-order valence-electron chi connectivity index (χ0n) is 15.8. The monoisotopic (exact) mass is 374 g/mol. The van der Waals surface area contributed by atoms with E-state index in [9.17, 15) is 9.59 Å². The van der Waals surface area contributed by atoms with Crippen molar-refractivity contribution >= 4 is 11.8 Å². The summed E-state index contributed by atoms with van der Waals surface area (Å²) >= 11 is 0. The van der Waals surface area contributed by atoms with Crippen LogP contribution >= 0.6 is 0 Å². The third-order valence-corrected chi connectivity index (χ3v) is 6.39. The molecular formula is C20H30N4O3. The molecule has 7 heteroatoms. The van der Waals surface area contributed by atoms with Crippen molar-refractivity contribution in [1.82, 2.24) is 20.5 Å². The Hall–Kier alpha value is -1.86. The molecule has 2 atom stereocenters. The minimum atomic E-state index is -0.461. The van der Waals surface area contributed by atoms with Gasteiger partial charge in [0.15, 0.2) is 0 Å². The zero-order valence-corrected chi connectivity index (χ0v) is 15.8. The summed E-state index contributed by atoms with van der Waals surface area (Å²) in [6, 6.07) is 3.60. The second-order valence-electron chi connectivity index (χ2n) is 8.16. The SMILES string of the molecule is O=C(NC1CN2CCCC[C@@]2(C(=O)NCC2CCOCC2)C1)c1ccc[nH]1. The average molecular weight is 374 g/mol. The molecule has 0 saturated carbocycles. The Bertz CT molecular complexity index is 656. The molecule has 148 valence electrons. The van der Waals surface area contributed by atoms with Gasteiger partial charge in [-0.25, -0.2) is 0 Å². The van der Waals surface area contributed by atoms with Gasteiger partial charge in [0.25, 0.3) is 5.91 Å². The van der Waals surface area contributed by atoms with Crippen LogP contribution in [-0.4, -0.2) is 66.1 Å². The van der Waals surface area contributed by atoms with Crippen LogP contribution in [0.1, 0.15) is 49.0 Å². The highest BCUT2D eigenvalue weighted by molar-refractivity contribution is 5.93. The number of carbonyl (C=O) groups excluding carboxylic acids is 2. The lowest BCUT2D eigenvalue weighted by Crippen LogP contribution is -2.58. The number of hydrogen-bond donors (Lipinski definition) is 3. The normalized spacial score (nSPS) is 29.3. The number of aromatic nitrogens is 1. The van der Waals surface area contributed by atoms with Gasteiger partial charge in [0.05, 0.1) is 0 Å². The van der Waals surface area contributed by atoms with E-state index in [4.69, 9.17) is 4.74 Å². The van der Waals surface area contributed by atoms with Crippen LogP contribution in [0.25, 0.3) is 0 Å². The molecule has 3 aliphatic rings. The molecule has 3 saturated heterocycles. The van der Waals surface area contributed by atoms with Gasteiger partial charge in [0, 0.05) is 38.5 Å². The summed E-state index contributed by atoms with van der Waals surface area (Å²) in [7, 11) is 0. The maximum atomic E-state index is 13.2. The first kappa shape index (κ1) is 18.5. The molecule has 0 bridgehead atoms. The Balaban J connectivity index is 1.39. The van der Waals surface area contributed by atoms with E-state index in [1.54, 1.807) is 12.3 Å². The molecule has 3 fully saturated rings. The smallest absolute Gasteiger partial charge is 0.267 e. The number of hydrogen-bond acceptors (Lipinski definition) is 4. The third kappa shape index (κ3) is 3.89. The van der Waals surface area contributed by atoms with Gasteiger partial charge in [-0.2, -0.15) is 0 Å². The molecule has 27 heavy (non-hydrogen) atoms. The number of carbonyl (C=O) groups is 2. The number of piperidine rings is 1. The highest BCUT2D eigenvalue weighted by Crippen LogP contribution is 2.38. The average Bonchev–Trinajstić information content (AvgIpc) is 3.35. The first-order valence-corrected chi connectivity index (χ1v) is 10.2. The van der Waals surface area contributed by atoms with E-state index >= 15 is 0 Å². The van der Waals surface area contributed by atoms with E-state index in [0.717, 1.165) is 65.0 Å². The first-order chi connectivity index (χ1) is 13.2. The lowest BCUT2D eigenvalue weighted by atomic mass is 9.84. The zero-order chi connectivity index (χ0) is 18.7. The highest BCUT2D eigenvalue weighted by Gasteiger charge is 2.52. The number of nitrogens with zero attached hydrogens (tertiary/aromatic N) is 1. The predicted octanol–water partition coefficient (Wildman–Crippen LogP) is 1.28. The molecular weight excluding hydrogens is 344 g/mol. The molecule has 0 aliphatic carbocycles. The Labute approximate surface area is 160 Å². The molecule has 1 unspecified atom stereocenters. The molecule has 4 rings (SSSR count). The van der Waals surface area contributed by atoms with Crippen molar-refractivity contribution in [2.24, 2.45) is 5.92 Å². The maximum absolute atomic E-state index is 13.2. The second-order valence-corrected chi connectivity index (χ2v) is 8.16. The third-order valence-electron chi connectivity index (χ3n) is 6.39. The van der Waals surface area contributed by atoms with Crippen molar-refractivity contribution in [2.45, 2.75) is 50.1 Å². The van der Waals surface area contributed by atoms with E-state index in [2.05, 4.69) is 20.5 Å². The number of amides is 2. The largest absolute Gasteiger partial charge is 0.381 e.